The van der Waals surface area contributed by atoms with Crippen molar-refractivity contribution in [2.45, 2.75) is 31.3 Å². The summed E-state index contributed by atoms with van der Waals surface area (Å²) in [7, 11) is 1.67. The van der Waals surface area contributed by atoms with Crippen LogP contribution in [0.1, 0.15) is 12.0 Å². The zero-order chi connectivity index (χ0) is 16.1. The van der Waals surface area contributed by atoms with Crippen LogP contribution in [0.2, 0.25) is 5.02 Å². The van der Waals surface area contributed by atoms with Gasteiger partial charge in [-0.1, -0.05) is 23.7 Å². The molecule has 1 aromatic carbocycles. The zero-order valence-electron chi connectivity index (χ0n) is 13.2. The monoisotopic (exact) mass is 336 g/mol. The van der Waals surface area contributed by atoms with Crippen molar-refractivity contribution in [3.8, 4) is 0 Å². The van der Waals surface area contributed by atoms with Crippen molar-refractivity contribution >= 4 is 11.6 Å². The molecule has 3 rings (SSSR count). The number of nitrogens with zero attached hydrogens (tertiary/aromatic N) is 2. The molecule has 1 aromatic heterocycles. The number of rotatable bonds is 7. The molecule has 124 valence electrons. The number of ether oxygens (including phenoxy) is 3. The molecule has 23 heavy (non-hydrogen) atoms. The van der Waals surface area contributed by atoms with Crippen LogP contribution in [0, 0.1) is 0 Å². The molecular weight excluding hydrogens is 316 g/mol. The molecule has 1 aliphatic heterocycles. The molecule has 0 saturated carbocycles. The Morgan fingerprint density at radius 1 is 1.39 bits per heavy atom. The van der Waals surface area contributed by atoms with E-state index in [9.17, 15) is 0 Å². The van der Waals surface area contributed by atoms with Gasteiger partial charge in [0.2, 0.25) is 0 Å². The van der Waals surface area contributed by atoms with Crippen LogP contribution in [0.4, 0.5) is 0 Å². The number of halogens is 1. The molecule has 1 saturated heterocycles. The van der Waals surface area contributed by atoms with E-state index in [1.54, 1.807) is 19.6 Å². The minimum atomic E-state index is -0.649. The van der Waals surface area contributed by atoms with Crippen molar-refractivity contribution in [2.24, 2.45) is 0 Å². The van der Waals surface area contributed by atoms with Gasteiger partial charge < -0.3 is 18.8 Å². The molecule has 2 atom stereocenters. The molecule has 2 heterocycles. The van der Waals surface area contributed by atoms with Crippen LogP contribution in [0.15, 0.2) is 43.0 Å². The van der Waals surface area contributed by atoms with Gasteiger partial charge >= 0.3 is 0 Å². The van der Waals surface area contributed by atoms with E-state index in [-0.39, 0.29) is 6.10 Å². The van der Waals surface area contributed by atoms with Gasteiger partial charge in [-0.15, -0.1) is 0 Å². The first-order valence-corrected chi connectivity index (χ1v) is 8.08. The van der Waals surface area contributed by atoms with Gasteiger partial charge in [-0.3, -0.25) is 0 Å². The molecule has 6 heteroatoms. The lowest BCUT2D eigenvalue weighted by atomic mass is 10.0. The second kappa shape index (κ2) is 7.45. The number of benzene rings is 1. The number of hydrogen-bond donors (Lipinski definition) is 0. The van der Waals surface area contributed by atoms with Crippen molar-refractivity contribution in [1.82, 2.24) is 9.55 Å². The zero-order valence-corrected chi connectivity index (χ0v) is 13.9. The quantitative estimate of drug-likeness (QED) is 0.780. The Bertz CT molecular complexity index is 603. The predicted molar refractivity (Wildman–Crippen MR) is 87.4 cm³/mol. The molecule has 0 N–H and O–H groups in total. The summed E-state index contributed by atoms with van der Waals surface area (Å²) in [5, 5.41) is 0.746. The van der Waals surface area contributed by atoms with Gasteiger partial charge in [-0.05, 0) is 24.1 Å². The largest absolute Gasteiger partial charge is 0.382 e. The van der Waals surface area contributed by atoms with Crippen LogP contribution in [-0.4, -0.2) is 41.8 Å². The molecule has 0 aliphatic carbocycles. The van der Waals surface area contributed by atoms with Crippen molar-refractivity contribution in [1.29, 1.82) is 0 Å². The Labute approximate surface area is 141 Å². The van der Waals surface area contributed by atoms with Crippen molar-refractivity contribution in [2.75, 3.05) is 20.3 Å². The highest BCUT2D eigenvalue weighted by Gasteiger charge is 2.41. The summed E-state index contributed by atoms with van der Waals surface area (Å²) in [5.41, 5.74) is 1.21. The highest BCUT2D eigenvalue weighted by atomic mass is 35.5. The molecule has 1 aliphatic rings. The van der Waals surface area contributed by atoms with E-state index in [4.69, 9.17) is 25.8 Å². The van der Waals surface area contributed by atoms with Gasteiger partial charge in [0.05, 0.1) is 26.1 Å². The third-order valence-electron chi connectivity index (χ3n) is 3.96. The third kappa shape index (κ3) is 4.32. The highest BCUT2D eigenvalue weighted by molar-refractivity contribution is 6.30. The number of methoxy groups -OCH3 is 1. The Balaban J connectivity index is 1.69. The summed E-state index contributed by atoms with van der Waals surface area (Å²) < 4.78 is 19.4. The maximum atomic E-state index is 6.19. The molecule has 2 aromatic rings. The van der Waals surface area contributed by atoms with Crippen molar-refractivity contribution in [3.63, 3.8) is 0 Å². The summed E-state index contributed by atoms with van der Waals surface area (Å²) >= 11 is 5.94. The summed E-state index contributed by atoms with van der Waals surface area (Å²) in [6.45, 7) is 1.69. The molecular formula is C17H21ClN2O3. The number of hydrogen-bond acceptors (Lipinski definition) is 4. The third-order valence-corrected chi connectivity index (χ3v) is 4.21. The molecule has 2 unspecified atom stereocenters. The first kappa shape index (κ1) is 16.5. The van der Waals surface area contributed by atoms with Crippen LogP contribution >= 0.6 is 11.6 Å². The molecule has 0 bridgehead atoms. The fourth-order valence-corrected chi connectivity index (χ4v) is 2.95. The topological polar surface area (TPSA) is 45.5 Å². The maximum absolute atomic E-state index is 6.19. The predicted octanol–water partition coefficient (Wildman–Crippen LogP) is 2.93. The van der Waals surface area contributed by atoms with Crippen LogP contribution in [0.3, 0.4) is 0 Å². The summed E-state index contributed by atoms with van der Waals surface area (Å²) in [4.78, 5) is 4.09. The van der Waals surface area contributed by atoms with E-state index >= 15 is 0 Å². The highest BCUT2D eigenvalue weighted by Crippen LogP contribution is 2.31. The van der Waals surface area contributed by atoms with Crippen molar-refractivity contribution < 1.29 is 14.2 Å². The lowest BCUT2D eigenvalue weighted by Crippen LogP contribution is -2.37. The van der Waals surface area contributed by atoms with E-state index < -0.39 is 5.79 Å². The van der Waals surface area contributed by atoms with Gasteiger partial charge in [-0.2, -0.15) is 0 Å². The van der Waals surface area contributed by atoms with E-state index in [1.807, 2.05) is 35.0 Å². The molecule has 5 nitrogen and oxygen atoms in total. The van der Waals surface area contributed by atoms with Crippen LogP contribution < -0.4 is 0 Å². The second-order valence-electron chi connectivity index (χ2n) is 5.78. The second-order valence-corrected chi connectivity index (χ2v) is 6.21. The molecule has 1 fully saturated rings. The van der Waals surface area contributed by atoms with Crippen molar-refractivity contribution in [3.05, 3.63) is 53.6 Å². The minimum absolute atomic E-state index is 0.0336. The maximum Gasteiger partial charge on any atom is 0.187 e. The number of aryl methyl sites for hydroxylation is 1. The van der Waals surface area contributed by atoms with Gasteiger partial charge in [0.25, 0.3) is 0 Å². The molecule has 0 radical (unpaired) electrons. The fraction of sp³-hybridized carbons (Fsp3) is 0.471. The average Bonchev–Trinajstić information content (AvgIpc) is 3.18. The van der Waals surface area contributed by atoms with Crippen LogP contribution in [0.5, 0.6) is 0 Å². The lowest BCUT2D eigenvalue weighted by Gasteiger charge is -2.28. The van der Waals surface area contributed by atoms with E-state index in [0.29, 0.717) is 19.8 Å². The summed E-state index contributed by atoms with van der Waals surface area (Å²) in [5.74, 6) is -0.649. The molecule has 0 amide bonds. The van der Waals surface area contributed by atoms with Gasteiger partial charge in [0.15, 0.2) is 5.79 Å². The average molecular weight is 337 g/mol. The molecule has 0 spiro atoms. The van der Waals surface area contributed by atoms with Gasteiger partial charge in [0, 0.05) is 30.9 Å². The SMILES string of the molecule is COCC1COC(CCc2ccc(Cl)cc2)(Cn2ccnc2)O1. The van der Waals surface area contributed by atoms with E-state index in [1.165, 1.54) is 5.56 Å². The minimum Gasteiger partial charge on any atom is -0.382 e. The standard InChI is InChI=1S/C17H21ClN2O3/c1-21-10-16-11-22-17(23-16,12-20-9-8-19-13-20)7-6-14-2-4-15(18)5-3-14/h2-5,8-9,13,16H,6-7,10-12H2,1H3. The first-order valence-electron chi connectivity index (χ1n) is 7.70. The Morgan fingerprint density at radius 3 is 2.91 bits per heavy atom. The Kier molecular flexibility index (Phi) is 5.33. The van der Waals surface area contributed by atoms with Crippen LogP contribution in [-0.2, 0) is 27.2 Å². The Hall–Kier alpha value is -1.40. The van der Waals surface area contributed by atoms with E-state index in [0.717, 1.165) is 17.9 Å². The van der Waals surface area contributed by atoms with Gasteiger partial charge in [0.1, 0.15) is 6.10 Å². The lowest BCUT2D eigenvalue weighted by molar-refractivity contribution is -0.185. The van der Waals surface area contributed by atoms with Gasteiger partial charge in [-0.25, -0.2) is 4.98 Å². The summed E-state index contributed by atoms with van der Waals surface area (Å²) in [6.07, 6.45) is 7.03. The fourth-order valence-electron chi connectivity index (χ4n) is 2.82. The van der Waals surface area contributed by atoms with E-state index in [2.05, 4.69) is 4.98 Å². The summed E-state index contributed by atoms with van der Waals surface area (Å²) in [6, 6.07) is 7.89. The van der Waals surface area contributed by atoms with Crippen LogP contribution in [0.25, 0.3) is 0 Å². The smallest absolute Gasteiger partial charge is 0.187 e. The number of imidazole rings is 1. The number of aromatic nitrogens is 2. The Morgan fingerprint density at radius 2 is 2.22 bits per heavy atom. The first-order chi connectivity index (χ1) is 11.2. The normalized spacial score (nSPS) is 24.2.